The zero-order chi connectivity index (χ0) is 14.8. The van der Waals surface area contributed by atoms with Crippen molar-refractivity contribution < 1.29 is 9.84 Å². The molecule has 4 heteroatoms. The molecule has 4 nitrogen and oxygen atoms in total. The van der Waals surface area contributed by atoms with Gasteiger partial charge in [0.15, 0.2) is 0 Å². The smallest absolute Gasteiger partial charge is 0.112 e. The second-order valence-electron chi connectivity index (χ2n) is 5.39. The van der Waals surface area contributed by atoms with Gasteiger partial charge in [0.2, 0.25) is 0 Å². The van der Waals surface area contributed by atoms with Crippen LogP contribution in [0.25, 0.3) is 11.0 Å². The lowest BCUT2D eigenvalue weighted by Crippen LogP contribution is -2.43. The van der Waals surface area contributed by atoms with Crippen LogP contribution in [0.4, 0.5) is 0 Å². The third kappa shape index (κ3) is 2.72. The maximum atomic E-state index is 10.5. The van der Waals surface area contributed by atoms with Crippen LogP contribution in [0.5, 0.6) is 0 Å². The van der Waals surface area contributed by atoms with Crippen molar-refractivity contribution in [3.05, 3.63) is 30.1 Å². The summed E-state index contributed by atoms with van der Waals surface area (Å²) in [6.07, 6.45) is 0.699. The van der Waals surface area contributed by atoms with E-state index in [1.807, 2.05) is 56.7 Å². The molecule has 0 radical (unpaired) electrons. The molecule has 0 amide bonds. The molecule has 1 heterocycles. The lowest BCUT2D eigenvalue weighted by atomic mass is 9.93. The summed E-state index contributed by atoms with van der Waals surface area (Å²) in [4.78, 5) is 4.61. The van der Waals surface area contributed by atoms with Gasteiger partial charge < -0.3 is 14.4 Å². The summed E-state index contributed by atoms with van der Waals surface area (Å²) in [5, 5.41) is 10.5. The van der Waals surface area contributed by atoms with Crippen LogP contribution in [-0.4, -0.2) is 33.0 Å². The minimum atomic E-state index is -0.567. The molecule has 2 rings (SSSR count). The molecule has 0 saturated carbocycles. The summed E-state index contributed by atoms with van der Waals surface area (Å²) >= 11 is 0. The van der Waals surface area contributed by atoms with E-state index < -0.39 is 11.7 Å². The Kier molecular flexibility index (Phi) is 4.45. The number of aliphatic hydroxyl groups excluding tert-OH is 1. The number of aromatic nitrogens is 2. The third-order valence-electron chi connectivity index (χ3n) is 4.14. The number of hydrogen-bond donors (Lipinski definition) is 1. The van der Waals surface area contributed by atoms with Gasteiger partial charge in [-0.05, 0) is 32.4 Å². The zero-order valence-corrected chi connectivity index (χ0v) is 12.8. The zero-order valence-electron chi connectivity index (χ0n) is 12.8. The van der Waals surface area contributed by atoms with Gasteiger partial charge in [0.25, 0.3) is 0 Å². The van der Waals surface area contributed by atoms with Gasteiger partial charge in [-0.15, -0.1) is 0 Å². The molecule has 2 atom stereocenters. The Morgan fingerprint density at radius 3 is 2.65 bits per heavy atom. The van der Waals surface area contributed by atoms with Gasteiger partial charge in [-0.2, -0.15) is 0 Å². The monoisotopic (exact) mass is 276 g/mol. The molecule has 1 N–H and O–H groups in total. The Morgan fingerprint density at radius 1 is 1.35 bits per heavy atom. The number of fused-ring (bicyclic) bond motifs is 1. The predicted octanol–water partition coefficient (Wildman–Crippen LogP) is 2.68. The minimum Gasteiger partial charge on any atom is -0.390 e. The molecule has 2 unspecified atom stereocenters. The predicted molar refractivity (Wildman–Crippen MR) is 80.7 cm³/mol. The fraction of sp³-hybridized carbons (Fsp3) is 0.562. The number of ether oxygens (including phenoxy) is 1. The highest BCUT2D eigenvalue weighted by Crippen LogP contribution is 2.24. The number of nitrogens with zero attached hydrogens (tertiary/aromatic N) is 2. The van der Waals surface area contributed by atoms with Gasteiger partial charge in [0.05, 0.1) is 22.7 Å². The first-order valence-corrected chi connectivity index (χ1v) is 7.24. The number of aliphatic hydroxyl groups is 1. The van der Waals surface area contributed by atoms with Gasteiger partial charge in [0.1, 0.15) is 5.82 Å². The van der Waals surface area contributed by atoms with Crippen LogP contribution in [0.1, 0.15) is 33.0 Å². The largest absolute Gasteiger partial charge is 0.390 e. The molecule has 2 aromatic rings. The molecule has 0 aliphatic rings. The molecule has 1 aromatic heterocycles. The van der Waals surface area contributed by atoms with Crippen LogP contribution in [0.2, 0.25) is 0 Å². The normalized spacial score (nSPS) is 16.2. The van der Waals surface area contributed by atoms with Gasteiger partial charge >= 0.3 is 0 Å². The van der Waals surface area contributed by atoms with Crippen molar-refractivity contribution in [3.63, 3.8) is 0 Å². The molecule has 110 valence electrons. The number of rotatable bonds is 6. The maximum Gasteiger partial charge on any atom is 0.112 e. The molecule has 1 aromatic carbocycles. The first-order valence-electron chi connectivity index (χ1n) is 7.24. The number of para-hydroxylation sites is 2. The Morgan fingerprint density at radius 2 is 2.05 bits per heavy atom. The maximum absolute atomic E-state index is 10.5. The Labute approximate surface area is 120 Å². The second-order valence-corrected chi connectivity index (χ2v) is 5.39. The van der Waals surface area contributed by atoms with Crippen LogP contribution >= 0.6 is 0 Å². The summed E-state index contributed by atoms with van der Waals surface area (Å²) in [5.41, 5.74) is 1.53. The van der Waals surface area contributed by atoms with Crippen LogP contribution < -0.4 is 0 Å². The Bertz CT molecular complexity index is 579. The van der Waals surface area contributed by atoms with Crippen molar-refractivity contribution in [2.24, 2.45) is 7.05 Å². The average molecular weight is 276 g/mol. The van der Waals surface area contributed by atoms with Crippen molar-refractivity contribution in [2.75, 3.05) is 6.61 Å². The van der Waals surface area contributed by atoms with Crippen molar-refractivity contribution >= 4 is 11.0 Å². The summed E-state index contributed by atoms with van der Waals surface area (Å²) in [6.45, 7) is 6.55. The van der Waals surface area contributed by atoms with Gasteiger partial charge in [-0.1, -0.05) is 19.1 Å². The highest BCUT2D eigenvalue weighted by Gasteiger charge is 2.32. The van der Waals surface area contributed by atoms with E-state index in [9.17, 15) is 5.11 Å². The quantitative estimate of drug-likeness (QED) is 0.882. The van der Waals surface area contributed by atoms with E-state index in [4.69, 9.17) is 4.74 Å². The second kappa shape index (κ2) is 5.94. The van der Waals surface area contributed by atoms with Crippen molar-refractivity contribution in [1.82, 2.24) is 9.55 Å². The van der Waals surface area contributed by atoms with Crippen LogP contribution in [0.15, 0.2) is 24.3 Å². The number of imidazole rings is 1. The van der Waals surface area contributed by atoms with E-state index in [1.54, 1.807) is 0 Å². The molecule has 0 fully saturated rings. The van der Waals surface area contributed by atoms with Gasteiger partial charge in [-0.25, -0.2) is 4.98 Å². The molecular weight excluding hydrogens is 252 g/mol. The van der Waals surface area contributed by atoms with Crippen molar-refractivity contribution in [3.8, 4) is 0 Å². The number of hydrogen-bond acceptors (Lipinski definition) is 3. The summed E-state index contributed by atoms with van der Waals surface area (Å²) in [5.74, 6) is 0.887. The van der Waals surface area contributed by atoms with Crippen LogP contribution in [0, 0.1) is 0 Å². The molecule has 0 bridgehead atoms. The van der Waals surface area contributed by atoms with E-state index in [1.165, 1.54) is 0 Å². The van der Waals surface area contributed by atoms with Crippen molar-refractivity contribution in [1.29, 1.82) is 0 Å². The lowest BCUT2D eigenvalue weighted by molar-refractivity contribution is -0.110. The molecule has 20 heavy (non-hydrogen) atoms. The van der Waals surface area contributed by atoms with Crippen molar-refractivity contribution in [2.45, 2.75) is 45.3 Å². The minimum absolute atomic E-state index is 0.496. The highest BCUT2D eigenvalue weighted by atomic mass is 16.5. The van der Waals surface area contributed by atoms with E-state index in [-0.39, 0.29) is 0 Å². The SMILES string of the molecule is CCOC(C)(CC)C(O)Cc1nc2ccccc2n1C. The summed E-state index contributed by atoms with van der Waals surface area (Å²) in [7, 11) is 1.99. The molecule has 0 spiro atoms. The number of benzene rings is 1. The molecular formula is C16H24N2O2. The lowest BCUT2D eigenvalue weighted by Gasteiger charge is -2.33. The average Bonchev–Trinajstić information content (AvgIpc) is 2.76. The van der Waals surface area contributed by atoms with E-state index in [2.05, 4.69) is 4.98 Å². The van der Waals surface area contributed by atoms with Crippen LogP contribution in [-0.2, 0) is 18.2 Å². The highest BCUT2D eigenvalue weighted by molar-refractivity contribution is 5.75. The standard InChI is InChI=1S/C16H24N2O2/c1-5-16(3,20-6-2)14(19)11-15-17-12-9-7-8-10-13(12)18(15)4/h7-10,14,19H,5-6,11H2,1-4H3. The summed E-state index contributed by atoms with van der Waals surface area (Å²) in [6, 6.07) is 8.01. The van der Waals surface area contributed by atoms with Crippen LogP contribution in [0.3, 0.4) is 0 Å². The Hall–Kier alpha value is -1.39. The van der Waals surface area contributed by atoms with E-state index in [0.29, 0.717) is 13.0 Å². The summed E-state index contributed by atoms with van der Waals surface area (Å²) < 4.78 is 7.78. The first kappa shape index (κ1) is 15.0. The van der Waals surface area contributed by atoms with Gasteiger partial charge in [0, 0.05) is 20.1 Å². The number of aryl methyl sites for hydroxylation is 1. The molecule has 0 aliphatic heterocycles. The van der Waals surface area contributed by atoms with E-state index >= 15 is 0 Å². The molecule has 0 saturated heterocycles. The van der Waals surface area contributed by atoms with Gasteiger partial charge in [-0.3, -0.25) is 0 Å². The topological polar surface area (TPSA) is 47.3 Å². The molecule has 0 aliphatic carbocycles. The fourth-order valence-corrected chi connectivity index (χ4v) is 2.53. The van der Waals surface area contributed by atoms with E-state index in [0.717, 1.165) is 23.3 Å². The third-order valence-corrected chi connectivity index (χ3v) is 4.14. The Balaban J connectivity index is 2.25. The first-order chi connectivity index (χ1) is 9.51. The fourth-order valence-electron chi connectivity index (χ4n) is 2.53.